The molecule has 1 aromatic rings. The van der Waals surface area contributed by atoms with E-state index in [4.69, 9.17) is 9.57 Å². The first kappa shape index (κ1) is 20.5. The number of carbonyl (C=O) groups is 2. The molecule has 6 nitrogen and oxygen atoms in total. The van der Waals surface area contributed by atoms with Crippen LogP contribution in [-0.2, 0) is 19.2 Å². The lowest BCUT2D eigenvalue weighted by Crippen LogP contribution is -2.57. The summed E-state index contributed by atoms with van der Waals surface area (Å²) in [7, 11) is 1.66. The maximum Gasteiger partial charge on any atom is 0.238 e. The van der Waals surface area contributed by atoms with Crippen molar-refractivity contribution in [3.05, 3.63) is 34.4 Å². The van der Waals surface area contributed by atoms with Crippen molar-refractivity contribution >= 4 is 11.7 Å². The van der Waals surface area contributed by atoms with Gasteiger partial charge >= 0.3 is 0 Å². The van der Waals surface area contributed by atoms with Gasteiger partial charge in [0, 0.05) is 26.2 Å². The number of aryl methyl sites for hydroxylation is 3. The van der Waals surface area contributed by atoms with Crippen LogP contribution in [0.4, 0.5) is 0 Å². The van der Waals surface area contributed by atoms with E-state index in [-0.39, 0.29) is 17.8 Å². The maximum atomic E-state index is 13.9. The Balaban J connectivity index is 1.73. The zero-order valence-electron chi connectivity index (χ0n) is 18.0. The van der Waals surface area contributed by atoms with E-state index in [2.05, 4.69) is 12.1 Å². The van der Waals surface area contributed by atoms with E-state index in [0.717, 1.165) is 41.7 Å². The van der Waals surface area contributed by atoms with Gasteiger partial charge in [-0.3, -0.25) is 9.59 Å². The molecule has 3 aliphatic rings. The summed E-state index contributed by atoms with van der Waals surface area (Å²) in [4.78, 5) is 34.9. The van der Waals surface area contributed by atoms with Gasteiger partial charge < -0.3 is 14.5 Å². The summed E-state index contributed by atoms with van der Waals surface area (Å²) in [6, 6.07) is 4.15. The minimum atomic E-state index is -0.744. The van der Waals surface area contributed by atoms with Gasteiger partial charge in [0.1, 0.15) is 11.5 Å². The number of ether oxygens (including phenoxy) is 1. The van der Waals surface area contributed by atoms with Crippen LogP contribution in [0.2, 0.25) is 0 Å². The van der Waals surface area contributed by atoms with Crippen molar-refractivity contribution in [2.45, 2.75) is 64.0 Å². The molecule has 1 aromatic carbocycles. The van der Waals surface area contributed by atoms with Crippen LogP contribution in [0.1, 0.15) is 53.9 Å². The highest BCUT2D eigenvalue weighted by molar-refractivity contribution is 6.17. The van der Waals surface area contributed by atoms with E-state index < -0.39 is 11.5 Å². The molecule has 1 amide bonds. The molecule has 2 unspecified atom stereocenters. The van der Waals surface area contributed by atoms with E-state index in [9.17, 15) is 9.59 Å². The van der Waals surface area contributed by atoms with Crippen LogP contribution in [-0.4, -0.2) is 66.6 Å². The molecule has 3 aliphatic heterocycles. The Morgan fingerprint density at radius 2 is 1.79 bits per heavy atom. The van der Waals surface area contributed by atoms with Crippen LogP contribution in [0.3, 0.4) is 0 Å². The summed E-state index contributed by atoms with van der Waals surface area (Å²) < 4.78 is 5.84. The molecule has 0 N–H and O–H groups in total. The molecular formula is C23H32N2O4. The molecule has 158 valence electrons. The molecule has 6 heteroatoms. The van der Waals surface area contributed by atoms with Crippen molar-refractivity contribution in [1.82, 2.24) is 9.96 Å². The molecule has 4 rings (SSSR count). The van der Waals surface area contributed by atoms with Gasteiger partial charge in [0.15, 0.2) is 5.78 Å². The molecule has 0 saturated carbocycles. The highest BCUT2D eigenvalue weighted by Crippen LogP contribution is 2.45. The predicted octanol–water partition coefficient (Wildman–Crippen LogP) is 2.68. The fraction of sp³-hybridized carbons (Fsp3) is 0.652. The summed E-state index contributed by atoms with van der Waals surface area (Å²) in [5.41, 5.74) is 3.36. The number of likely N-dealkylation sites (tertiary alicyclic amines) is 1. The number of amides is 1. The van der Waals surface area contributed by atoms with Gasteiger partial charge in [-0.25, -0.2) is 0 Å². The number of piperidine rings is 1. The normalized spacial score (nSPS) is 27.4. The lowest BCUT2D eigenvalue weighted by atomic mass is 9.78. The number of carbonyl (C=O) groups excluding carboxylic acids is 2. The second-order valence-electron chi connectivity index (χ2n) is 8.84. The van der Waals surface area contributed by atoms with E-state index >= 15 is 0 Å². The predicted molar refractivity (Wildman–Crippen MR) is 110 cm³/mol. The Hall–Kier alpha value is -1.76. The molecule has 0 aliphatic carbocycles. The third kappa shape index (κ3) is 3.41. The lowest BCUT2D eigenvalue weighted by Gasteiger charge is -2.43. The highest BCUT2D eigenvalue weighted by atomic mass is 16.7. The molecule has 0 radical (unpaired) electrons. The summed E-state index contributed by atoms with van der Waals surface area (Å²) in [6.07, 6.45) is 3.22. The summed E-state index contributed by atoms with van der Waals surface area (Å²) >= 11 is 0. The fourth-order valence-corrected chi connectivity index (χ4v) is 5.59. The second-order valence-corrected chi connectivity index (χ2v) is 8.84. The van der Waals surface area contributed by atoms with Gasteiger partial charge in [0.05, 0.1) is 13.2 Å². The van der Waals surface area contributed by atoms with Crippen molar-refractivity contribution in [2.24, 2.45) is 0 Å². The molecule has 2 atom stereocenters. The largest absolute Gasteiger partial charge is 0.376 e. The van der Waals surface area contributed by atoms with Gasteiger partial charge in [0.2, 0.25) is 5.91 Å². The number of benzene rings is 1. The molecule has 0 bridgehead atoms. The number of Topliss-reactive ketones (excluding diaryl/α,β-unsaturated/α-hetero) is 1. The summed E-state index contributed by atoms with van der Waals surface area (Å²) in [5, 5.41) is 1.88. The van der Waals surface area contributed by atoms with Crippen molar-refractivity contribution in [3.8, 4) is 0 Å². The number of hydroxylamine groups is 2. The Labute approximate surface area is 173 Å². The first-order chi connectivity index (χ1) is 13.9. The maximum absolute atomic E-state index is 13.9. The van der Waals surface area contributed by atoms with Gasteiger partial charge in [-0.15, -0.1) is 0 Å². The van der Waals surface area contributed by atoms with Crippen LogP contribution in [0.15, 0.2) is 12.1 Å². The van der Waals surface area contributed by atoms with Crippen LogP contribution in [0, 0.1) is 20.8 Å². The fourth-order valence-electron chi connectivity index (χ4n) is 5.59. The first-order valence-corrected chi connectivity index (χ1v) is 10.7. The van der Waals surface area contributed by atoms with E-state index in [0.29, 0.717) is 32.5 Å². The van der Waals surface area contributed by atoms with Crippen molar-refractivity contribution < 1.29 is 19.2 Å². The van der Waals surface area contributed by atoms with E-state index in [1.54, 1.807) is 7.11 Å². The Morgan fingerprint density at radius 1 is 1.14 bits per heavy atom. The number of ketones is 1. The average Bonchev–Trinajstić information content (AvgIpc) is 3.26. The standard InChI is InChI=1S/C23H32N2O4/c1-15-12-16(2)19(17(3)13-15)20-21(26)23(7-9-24(28-4)10-8-23)25(22(20)27)14-18-6-5-11-29-18/h12-13,18,20H,5-11,14H2,1-4H3. The molecule has 29 heavy (non-hydrogen) atoms. The topological polar surface area (TPSA) is 59.1 Å². The SMILES string of the molecule is CON1CCC2(CC1)C(=O)C(c1c(C)cc(C)cc1C)C(=O)N2CC1CCCO1. The molecular weight excluding hydrogens is 368 g/mol. The number of hydrogen-bond acceptors (Lipinski definition) is 5. The zero-order chi connectivity index (χ0) is 20.8. The number of nitrogens with zero attached hydrogens (tertiary/aromatic N) is 2. The van der Waals surface area contributed by atoms with Crippen LogP contribution < -0.4 is 0 Å². The molecule has 3 saturated heterocycles. The van der Waals surface area contributed by atoms with Crippen molar-refractivity contribution in [3.63, 3.8) is 0 Å². The smallest absolute Gasteiger partial charge is 0.238 e. The van der Waals surface area contributed by atoms with E-state index in [1.807, 2.05) is 30.7 Å². The third-order valence-electron chi connectivity index (χ3n) is 7.00. The highest BCUT2D eigenvalue weighted by Gasteiger charge is 2.60. The number of hydrogen-bond donors (Lipinski definition) is 0. The Bertz CT molecular complexity index is 784. The van der Waals surface area contributed by atoms with Crippen LogP contribution in [0.5, 0.6) is 0 Å². The zero-order valence-corrected chi connectivity index (χ0v) is 18.0. The summed E-state index contributed by atoms with van der Waals surface area (Å²) in [6.45, 7) is 8.63. The summed E-state index contributed by atoms with van der Waals surface area (Å²) in [5.74, 6) is -0.691. The molecule has 3 fully saturated rings. The van der Waals surface area contributed by atoms with Gasteiger partial charge in [0.25, 0.3) is 0 Å². The average molecular weight is 401 g/mol. The second kappa shape index (κ2) is 7.82. The minimum Gasteiger partial charge on any atom is -0.376 e. The molecule has 1 spiro atoms. The van der Waals surface area contributed by atoms with Crippen molar-refractivity contribution in [2.75, 3.05) is 33.4 Å². The van der Waals surface area contributed by atoms with Crippen LogP contribution >= 0.6 is 0 Å². The van der Waals surface area contributed by atoms with Gasteiger partial charge in [-0.05, 0) is 63.1 Å². The molecule has 3 heterocycles. The van der Waals surface area contributed by atoms with Gasteiger partial charge in [-0.1, -0.05) is 17.7 Å². The first-order valence-electron chi connectivity index (χ1n) is 10.7. The lowest BCUT2D eigenvalue weighted by molar-refractivity contribution is -0.168. The molecule has 0 aromatic heterocycles. The van der Waals surface area contributed by atoms with Gasteiger partial charge in [-0.2, -0.15) is 5.06 Å². The van der Waals surface area contributed by atoms with Crippen molar-refractivity contribution in [1.29, 1.82) is 0 Å². The monoisotopic (exact) mass is 400 g/mol. The van der Waals surface area contributed by atoms with E-state index in [1.165, 1.54) is 0 Å². The quantitative estimate of drug-likeness (QED) is 0.728. The Morgan fingerprint density at radius 3 is 2.34 bits per heavy atom. The third-order valence-corrected chi connectivity index (χ3v) is 7.00. The Kier molecular flexibility index (Phi) is 5.53. The minimum absolute atomic E-state index is 0.0306. The van der Waals surface area contributed by atoms with Crippen LogP contribution in [0.25, 0.3) is 0 Å². The number of rotatable bonds is 4.